The first kappa shape index (κ1) is 24.4. The topological polar surface area (TPSA) is 148 Å². The number of urea groups is 1. The van der Waals surface area contributed by atoms with Crippen molar-refractivity contribution in [3.05, 3.63) is 46.5 Å². The van der Waals surface area contributed by atoms with E-state index in [1.54, 1.807) is 18.2 Å². The maximum absolute atomic E-state index is 11.6. The summed E-state index contributed by atoms with van der Waals surface area (Å²) in [5.74, 6) is -1.28. The molecule has 7 N–H and O–H groups in total. The Morgan fingerprint density at radius 3 is 2.48 bits per heavy atom. The van der Waals surface area contributed by atoms with Crippen LogP contribution in [0, 0.1) is 5.92 Å². The Hall–Kier alpha value is -2.88. The number of amides is 3. The van der Waals surface area contributed by atoms with Crippen molar-refractivity contribution in [1.29, 1.82) is 0 Å². The Morgan fingerprint density at radius 1 is 1.23 bits per heavy atom. The standard InChI is InChI=1S/C21H25ClN4O4S/c1-11(2)8-16(20(28)29)25-7-3-4-12-5-6-13(15(22)9-12)17-10-14(18(23)27)19(31-17)26-21(24)30/h3-6,9-11,16,25H,7-8H2,1-2H3,(H2,23,27)(H,28,29)(H3,24,26,30)/t16-/m0/s1. The van der Waals surface area contributed by atoms with E-state index in [0.29, 0.717) is 28.4 Å². The maximum atomic E-state index is 11.6. The molecule has 3 amide bonds. The molecule has 0 unspecified atom stereocenters. The molecule has 0 aliphatic heterocycles. The zero-order valence-corrected chi connectivity index (χ0v) is 18.7. The molecule has 31 heavy (non-hydrogen) atoms. The van der Waals surface area contributed by atoms with Crippen LogP contribution in [0.15, 0.2) is 30.3 Å². The molecule has 1 atom stereocenters. The molecule has 1 aromatic carbocycles. The van der Waals surface area contributed by atoms with Gasteiger partial charge in [0.05, 0.1) is 5.56 Å². The number of carboxylic acids is 1. The third-order valence-electron chi connectivity index (χ3n) is 4.29. The predicted octanol–water partition coefficient (Wildman–Crippen LogP) is 3.76. The number of hydrogen-bond acceptors (Lipinski definition) is 5. The fourth-order valence-electron chi connectivity index (χ4n) is 2.89. The highest BCUT2D eigenvalue weighted by Crippen LogP contribution is 2.38. The van der Waals surface area contributed by atoms with Gasteiger partial charge in [0.1, 0.15) is 11.0 Å². The van der Waals surface area contributed by atoms with Crippen molar-refractivity contribution >= 4 is 51.9 Å². The van der Waals surface area contributed by atoms with Crippen molar-refractivity contribution in [2.45, 2.75) is 26.3 Å². The van der Waals surface area contributed by atoms with Crippen LogP contribution < -0.4 is 22.1 Å². The number of anilines is 1. The Bertz CT molecular complexity index is 1000. The largest absolute Gasteiger partial charge is 0.480 e. The molecule has 0 aliphatic carbocycles. The zero-order valence-electron chi connectivity index (χ0n) is 17.1. The van der Waals surface area contributed by atoms with Gasteiger partial charge in [-0.25, -0.2) is 4.79 Å². The van der Waals surface area contributed by atoms with Gasteiger partial charge in [-0.3, -0.25) is 14.9 Å². The van der Waals surface area contributed by atoms with E-state index in [0.717, 1.165) is 16.9 Å². The molecular weight excluding hydrogens is 440 g/mol. The van der Waals surface area contributed by atoms with E-state index in [2.05, 4.69) is 10.6 Å². The number of rotatable bonds is 10. The number of carbonyl (C=O) groups excluding carboxylic acids is 2. The summed E-state index contributed by atoms with van der Waals surface area (Å²) in [6, 6.07) is 5.54. The van der Waals surface area contributed by atoms with Crippen molar-refractivity contribution in [1.82, 2.24) is 5.32 Å². The van der Waals surface area contributed by atoms with Gasteiger partial charge in [-0.15, -0.1) is 11.3 Å². The van der Waals surface area contributed by atoms with Crippen LogP contribution in [0.2, 0.25) is 5.02 Å². The number of carboxylic acid groups (broad SMARTS) is 1. The number of benzene rings is 1. The summed E-state index contributed by atoms with van der Waals surface area (Å²) in [4.78, 5) is 34.7. The van der Waals surface area contributed by atoms with Gasteiger partial charge in [0, 0.05) is 22.0 Å². The fraction of sp³-hybridized carbons (Fsp3) is 0.286. The molecule has 0 bridgehead atoms. The van der Waals surface area contributed by atoms with E-state index in [9.17, 15) is 19.5 Å². The molecule has 0 fully saturated rings. The Balaban J connectivity index is 2.13. The van der Waals surface area contributed by atoms with Crippen LogP contribution in [0.1, 0.15) is 36.2 Å². The predicted molar refractivity (Wildman–Crippen MR) is 124 cm³/mol. The third-order valence-corrected chi connectivity index (χ3v) is 5.69. The van der Waals surface area contributed by atoms with Gasteiger partial charge in [0.15, 0.2) is 0 Å². The molecule has 0 spiro atoms. The van der Waals surface area contributed by atoms with E-state index in [1.807, 2.05) is 32.1 Å². The molecule has 0 saturated heterocycles. The minimum atomic E-state index is -0.869. The van der Waals surface area contributed by atoms with Crippen molar-refractivity contribution < 1.29 is 19.5 Å². The van der Waals surface area contributed by atoms with Gasteiger partial charge in [0.25, 0.3) is 5.91 Å². The van der Waals surface area contributed by atoms with Crippen LogP contribution in [0.3, 0.4) is 0 Å². The van der Waals surface area contributed by atoms with Gasteiger partial charge in [0.2, 0.25) is 0 Å². The second-order valence-electron chi connectivity index (χ2n) is 7.28. The third kappa shape index (κ3) is 7.09. The molecule has 166 valence electrons. The summed E-state index contributed by atoms with van der Waals surface area (Å²) in [6.45, 7) is 4.35. The number of nitrogens with one attached hydrogen (secondary N) is 2. The highest BCUT2D eigenvalue weighted by molar-refractivity contribution is 7.20. The first-order valence-corrected chi connectivity index (χ1v) is 10.7. The summed E-state index contributed by atoms with van der Waals surface area (Å²) in [6.07, 6.45) is 4.21. The maximum Gasteiger partial charge on any atom is 0.320 e. The SMILES string of the molecule is CC(C)C[C@H](NCC=Cc1ccc(-c2cc(C(N)=O)c(NC(N)=O)s2)c(Cl)c1)C(=O)O. The van der Waals surface area contributed by atoms with Crippen LogP contribution in [0.5, 0.6) is 0 Å². The molecule has 8 nitrogen and oxygen atoms in total. The van der Waals surface area contributed by atoms with Crippen molar-refractivity contribution in [3.8, 4) is 10.4 Å². The van der Waals surface area contributed by atoms with Gasteiger partial charge in [-0.1, -0.05) is 49.7 Å². The Kier molecular flexibility index (Phi) is 8.61. The normalized spacial score (nSPS) is 12.3. The van der Waals surface area contributed by atoms with Crippen LogP contribution in [-0.4, -0.2) is 35.6 Å². The number of carbonyl (C=O) groups is 3. The molecule has 2 aromatic rings. The number of thiophene rings is 1. The quantitative estimate of drug-likeness (QED) is 0.363. The van der Waals surface area contributed by atoms with Crippen LogP contribution in [-0.2, 0) is 4.79 Å². The van der Waals surface area contributed by atoms with Crippen molar-refractivity contribution in [2.24, 2.45) is 17.4 Å². The highest BCUT2D eigenvalue weighted by Gasteiger charge is 2.18. The monoisotopic (exact) mass is 464 g/mol. The molecule has 1 heterocycles. The lowest BCUT2D eigenvalue weighted by Crippen LogP contribution is -2.37. The highest BCUT2D eigenvalue weighted by atomic mass is 35.5. The molecule has 0 saturated carbocycles. The Morgan fingerprint density at radius 2 is 1.94 bits per heavy atom. The van der Waals surface area contributed by atoms with Gasteiger partial charge >= 0.3 is 12.0 Å². The molecule has 1 aromatic heterocycles. The van der Waals surface area contributed by atoms with E-state index in [4.69, 9.17) is 23.1 Å². The first-order chi connectivity index (χ1) is 14.6. The lowest BCUT2D eigenvalue weighted by atomic mass is 10.0. The number of primary amides is 2. The molecule has 0 radical (unpaired) electrons. The minimum absolute atomic E-state index is 0.152. The number of nitrogens with two attached hydrogens (primary N) is 2. The summed E-state index contributed by atoms with van der Waals surface area (Å²) in [5, 5.41) is 15.4. The van der Waals surface area contributed by atoms with Crippen molar-refractivity contribution in [2.75, 3.05) is 11.9 Å². The summed E-state index contributed by atoms with van der Waals surface area (Å²) in [5.41, 5.74) is 12.2. The van der Waals surface area contributed by atoms with Crippen LogP contribution >= 0.6 is 22.9 Å². The van der Waals surface area contributed by atoms with Crippen molar-refractivity contribution in [3.63, 3.8) is 0 Å². The summed E-state index contributed by atoms with van der Waals surface area (Å²) >= 11 is 7.56. The molecule has 0 aliphatic rings. The van der Waals surface area contributed by atoms with E-state index >= 15 is 0 Å². The number of aliphatic carboxylic acids is 1. The van der Waals surface area contributed by atoms with E-state index < -0.39 is 23.9 Å². The second-order valence-corrected chi connectivity index (χ2v) is 8.74. The van der Waals surface area contributed by atoms with E-state index in [1.165, 1.54) is 0 Å². The zero-order chi connectivity index (χ0) is 23.1. The lowest BCUT2D eigenvalue weighted by Gasteiger charge is -2.15. The van der Waals surface area contributed by atoms with E-state index in [-0.39, 0.29) is 16.5 Å². The smallest absolute Gasteiger partial charge is 0.320 e. The number of hydrogen-bond donors (Lipinski definition) is 5. The Labute approximate surface area is 189 Å². The van der Waals surface area contributed by atoms with Crippen LogP contribution in [0.25, 0.3) is 16.5 Å². The molecule has 2 rings (SSSR count). The first-order valence-electron chi connectivity index (χ1n) is 9.51. The summed E-state index contributed by atoms with van der Waals surface area (Å²) in [7, 11) is 0. The van der Waals surface area contributed by atoms with Gasteiger partial charge in [-0.05, 0) is 30.0 Å². The average molecular weight is 465 g/mol. The van der Waals surface area contributed by atoms with Gasteiger partial charge < -0.3 is 21.9 Å². The summed E-state index contributed by atoms with van der Waals surface area (Å²) < 4.78 is 0. The second kappa shape index (κ2) is 10.9. The minimum Gasteiger partial charge on any atom is -0.480 e. The fourth-order valence-corrected chi connectivity index (χ4v) is 4.35. The lowest BCUT2D eigenvalue weighted by molar-refractivity contribution is -0.139. The average Bonchev–Trinajstić information content (AvgIpc) is 3.06. The molecule has 10 heteroatoms. The van der Waals surface area contributed by atoms with Crippen LogP contribution in [0.4, 0.5) is 9.80 Å². The number of halogens is 1. The molecular formula is C21H25ClN4O4S. The van der Waals surface area contributed by atoms with Gasteiger partial charge in [-0.2, -0.15) is 0 Å².